The standard InChI is InChI=1S/C11H20O2/c1-8(2)7-10(12)13-9(3)11(4)5-6-11/h8-9H,5-7H2,1-4H3. The molecule has 0 saturated heterocycles. The van der Waals surface area contributed by atoms with Crippen LogP contribution in [0.15, 0.2) is 0 Å². The lowest BCUT2D eigenvalue weighted by Crippen LogP contribution is -2.23. The van der Waals surface area contributed by atoms with Crippen LogP contribution in [-0.2, 0) is 9.53 Å². The Morgan fingerprint density at radius 2 is 1.92 bits per heavy atom. The van der Waals surface area contributed by atoms with Gasteiger partial charge in [-0.1, -0.05) is 20.8 Å². The summed E-state index contributed by atoms with van der Waals surface area (Å²) in [6.07, 6.45) is 3.03. The van der Waals surface area contributed by atoms with Crippen LogP contribution in [0.4, 0.5) is 0 Å². The van der Waals surface area contributed by atoms with E-state index in [0.29, 0.717) is 12.3 Å². The summed E-state index contributed by atoms with van der Waals surface area (Å²) in [6, 6.07) is 0. The van der Waals surface area contributed by atoms with E-state index in [1.165, 1.54) is 12.8 Å². The van der Waals surface area contributed by atoms with Crippen molar-refractivity contribution in [3.05, 3.63) is 0 Å². The van der Waals surface area contributed by atoms with Crippen molar-refractivity contribution in [3.8, 4) is 0 Å². The first kappa shape index (κ1) is 10.6. The van der Waals surface area contributed by atoms with Gasteiger partial charge in [0.1, 0.15) is 6.10 Å². The van der Waals surface area contributed by atoms with Crippen molar-refractivity contribution in [2.45, 2.75) is 53.1 Å². The van der Waals surface area contributed by atoms with Gasteiger partial charge >= 0.3 is 5.97 Å². The first-order chi connectivity index (χ1) is 5.94. The van der Waals surface area contributed by atoms with Crippen LogP contribution in [-0.4, -0.2) is 12.1 Å². The molecule has 2 nitrogen and oxygen atoms in total. The van der Waals surface area contributed by atoms with Crippen LogP contribution in [0.5, 0.6) is 0 Å². The van der Waals surface area contributed by atoms with E-state index in [1.807, 2.05) is 20.8 Å². The average molecular weight is 184 g/mol. The predicted molar refractivity (Wildman–Crippen MR) is 52.4 cm³/mol. The summed E-state index contributed by atoms with van der Waals surface area (Å²) in [5, 5.41) is 0. The van der Waals surface area contributed by atoms with Crippen LogP contribution < -0.4 is 0 Å². The van der Waals surface area contributed by atoms with Gasteiger partial charge in [0.05, 0.1) is 0 Å². The molecular formula is C11H20O2. The molecule has 0 aromatic carbocycles. The van der Waals surface area contributed by atoms with Crippen LogP contribution in [0, 0.1) is 11.3 Å². The van der Waals surface area contributed by atoms with E-state index in [4.69, 9.17) is 4.74 Å². The fourth-order valence-corrected chi connectivity index (χ4v) is 1.32. The molecule has 0 aromatic rings. The maximum atomic E-state index is 11.3. The minimum absolute atomic E-state index is 0.0457. The van der Waals surface area contributed by atoms with Crippen LogP contribution in [0.3, 0.4) is 0 Å². The van der Waals surface area contributed by atoms with Crippen LogP contribution >= 0.6 is 0 Å². The molecule has 0 spiro atoms. The minimum atomic E-state index is -0.0457. The van der Waals surface area contributed by atoms with Gasteiger partial charge in [0.2, 0.25) is 0 Å². The number of hydrogen-bond acceptors (Lipinski definition) is 2. The van der Waals surface area contributed by atoms with Crippen molar-refractivity contribution in [1.29, 1.82) is 0 Å². The van der Waals surface area contributed by atoms with E-state index < -0.39 is 0 Å². The van der Waals surface area contributed by atoms with Gasteiger partial charge in [-0.2, -0.15) is 0 Å². The van der Waals surface area contributed by atoms with Gasteiger partial charge in [-0.05, 0) is 25.7 Å². The van der Waals surface area contributed by atoms with Crippen molar-refractivity contribution in [2.75, 3.05) is 0 Å². The number of rotatable bonds is 4. The molecule has 0 aromatic heterocycles. The van der Waals surface area contributed by atoms with E-state index in [-0.39, 0.29) is 17.5 Å². The molecule has 1 rings (SSSR count). The molecule has 0 amide bonds. The van der Waals surface area contributed by atoms with Gasteiger partial charge in [-0.25, -0.2) is 0 Å². The minimum Gasteiger partial charge on any atom is -0.462 e. The summed E-state index contributed by atoms with van der Waals surface area (Å²) < 4.78 is 5.35. The zero-order valence-corrected chi connectivity index (χ0v) is 9.09. The highest BCUT2D eigenvalue weighted by Crippen LogP contribution is 2.49. The molecular weight excluding hydrogens is 164 g/mol. The highest BCUT2D eigenvalue weighted by Gasteiger charge is 2.44. The first-order valence-corrected chi connectivity index (χ1v) is 5.13. The lowest BCUT2D eigenvalue weighted by atomic mass is 10.0. The molecule has 1 unspecified atom stereocenters. The molecule has 0 radical (unpaired) electrons. The highest BCUT2D eigenvalue weighted by atomic mass is 16.5. The second-order valence-electron chi connectivity index (χ2n) is 4.88. The predicted octanol–water partition coefficient (Wildman–Crippen LogP) is 2.76. The maximum absolute atomic E-state index is 11.3. The third kappa shape index (κ3) is 3.02. The molecule has 2 heteroatoms. The van der Waals surface area contributed by atoms with Crippen LogP contribution in [0.2, 0.25) is 0 Å². The lowest BCUT2D eigenvalue weighted by molar-refractivity contribution is -0.152. The zero-order valence-electron chi connectivity index (χ0n) is 9.09. The molecule has 1 atom stereocenters. The molecule has 0 heterocycles. The summed E-state index contributed by atoms with van der Waals surface area (Å²) in [5.41, 5.74) is 0.284. The number of ether oxygens (including phenoxy) is 1. The second kappa shape index (κ2) is 3.69. The van der Waals surface area contributed by atoms with E-state index in [0.717, 1.165) is 0 Å². The van der Waals surface area contributed by atoms with Gasteiger partial charge < -0.3 is 4.74 Å². The Hall–Kier alpha value is -0.530. The first-order valence-electron chi connectivity index (χ1n) is 5.13. The zero-order chi connectivity index (χ0) is 10.1. The molecule has 13 heavy (non-hydrogen) atoms. The average Bonchev–Trinajstić information content (AvgIpc) is 2.67. The Bertz CT molecular complexity index is 192. The van der Waals surface area contributed by atoms with E-state index >= 15 is 0 Å². The summed E-state index contributed by atoms with van der Waals surface area (Å²) in [5.74, 6) is 0.349. The van der Waals surface area contributed by atoms with Crippen molar-refractivity contribution < 1.29 is 9.53 Å². The summed E-state index contributed by atoms with van der Waals surface area (Å²) in [7, 11) is 0. The quantitative estimate of drug-likeness (QED) is 0.628. The Balaban J connectivity index is 2.27. The summed E-state index contributed by atoms with van der Waals surface area (Å²) >= 11 is 0. The number of esters is 1. The topological polar surface area (TPSA) is 26.3 Å². The molecule has 1 fully saturated rings. The van der Waals surface area contributed by atoms with Crippen molar-refractivity contribution >= 4 is 5.97 Å². The number of carbonyl (C=O) groups excluding carboxylic acids is 1. The van der Waals surface area contributed by atoms with Gasteiger partial charge in [-0.15, -0.1) is 0 Å². The Morgan fingerprint density at radius 3 is 2.31 bits per heavy atom. The van der Waals surface area contributed by atoms with Crippen LogP contribution in [0.1, 0.15) is 47.0 Å². The van der Waals surface area contributed by atoms with Gasteiger partial charge in [-0.3, -0.25) is 4.79 Å². The molecule has 0 bridgehead atoms. The Labute approximate surface area is 80.7 Å². The van der Waals surface area contributed by atoms with E-state index in [2.05, 4.69) is 6.92 Å². The summed E-state index contributed by atoms with van der Waals surface area (Å²) in [6.45, 7) is 8.25. The summed E-state index contributed by atoms with van der Waals surface area (Å²) in [4.78, 5) is 11.3. The molecule has 1 aliphatic carbocycles. The molecule has 0 N–H and O–H groups in total. The van der Waals surface area contributed by atoms with E-state index in [1.54, 1.807) is 0 Å². The Morgan fingerprint density at radius 1 is 1.38 bits per heavy atom. The molecule has 0 aliphatic heterocycles. The number of carbonyl (C=O) groups is 1. The fourth-order valence-electron chi connectivity index (χ4n) is 1.32. The van der Waals surface area contributed by atoms with Crippen molar-refractivity contribution in [3.63, 3.8) is 0 Å². The van der Waals surface area contributed by atoms with Gasteiger partial charge in [0.15, 0.2) is 0 Å². The van der Waals surface area contributed by atoms with Gasteiger partial charge in [0.25, 0.3) is 0 Å². The van der Waals surface area contributed by atoms with E-state index in [9.17, 15) is 4.79 Å². The molecule has 1 aliphatic rings. The normalized spacial score (nSPS) is 21.3. The number of hydrogen-bond donors (Lipinski definition) is 0. The monoisotopic (exact) mass is 184 g/mol. The third-order valence-electron chi connectivity index (χ3n) is 2.90. The lowest BCUT2D eigenvalue weighted by Gasteiger charge is -2.19. The van der Waals surface area contributed by atoms with Gasteiger partial charge in [0, 0.05) is 11.8 Å². The van der Waals surface area contributed by atoms with Crippen LogP contribution in [0.25, 0.3) is 0 Å². The largest absolute Gasteiger partial charge is 0.462 e. The smallest absolute Gasteiger partial charge is 0.306 e. The van der Waals surface area contributed by atoms with Crippen molar-refractivity contribution in [1.82, 2.24) is 0 Å². The fraction of sp³-hybridized carbons (Fsp3) is 0.909. The third-order valence-corrected chi connectivity index (χ3v) is 2.90. The molecule has 76 valence electrons. The molecule has 1 saturated carbocycles. The maximum Gasteiger partial charge on any atom is 0.306 e. The second-order valence-corrected chi connectivity index (χ2v) is 4.88. The SMILES string of the molecule is CC(C)CC(=O)OC(C)C1(C)CC1. The Kier molecular flexibility index (Phi) is 2.99. The highest BCUT2D eigenvalue weighted by molar-refractivity contribution is 5.69. The van der Waals surface area contributed by atoms with Crippen molar-refractivity contribution in [2.24, 2.45) is 11.3 Å².